The van der Waals surface area contributed by atoms with Crippen molar-refractivity contribution in [3.05, 3.63) is 340 Å². The van der Waals surface area contributed by atoms with E-state index in [4.69, 9.17) is 61.7 Å². The third-order valence-corrected chi connectivity index (χ3v) is 17.4. The summed E-state index contributed by atoms with van der Waals surface area (Å²) in [5, 5.41) is 16.8. The van der Waals surface area contributed by atoms with Crippen LogP contribution in [0.4, 0.5) is 34.1 Å². The summed E-state index contributed by atoms with van der Waals surface area (Å²) in [4.78, 5) is 23.5. The summed E-state index contributed by atoms with van der Waals surface area (Å²) in [6.07, 6.45) is 7.24. The van der Waals surface area contributed by atoms with Crippen molar-refractivity contribution < 1.29 is 55.2 Å². The number of anilines is 6. The second kappa shape index (κ2) is 30.0. The van der Waals surface area contributed by atoms with E-state index in [-0.39, 0.29) is 21.1 Å². The van der Waals surface area contributed by atoms with E-state index in [1.807, 2.05) is 158 Å². The predicted octanol–water partition coefficient (Wildman–Crippen LogP) is 24.7. The van der Waals surface area contributed by atoms with Gasteiger partial charge in [-0.25, -0.2) is 0 Å². The summed E-state index contributed by atoms with van der Waals surface area (Å²) in [5.74, 6) is 0. The minimum absolute atomic E-state index is 0. The number of halogens is 2. The third kappa shape index (κ3) is 13.6. The van der Waals surface area contributed by atoms with Crippen molar-refractivity contribution in [1.29, 1.82) is 5.26 Å². The smallest absolute Gasteiger partial charge is 0.455 e. The molecule has 0 N–H and O–H groups in total. The molecule has 0 fully saturated rings. The van der Waals surface area contributed by atoms with E-state index in [2.05, 4.69) is 168 Å². The van der Waals surface area contributed by atoms with Gasteiger partial charge in [-0.1, -0.05) is 164 Å². The Kier molecular flexibility index (Phi) is 19.5. The van der Waals surface area contributed by atoms with E-state index >= 15 is 0 Å². The normalized spacial score (nSPS) is 11.0. The first-order valence-corrected chi connectivity index (χ1v) is 37.9. The van der Waals surface area contributed by atoms with Gasteiger partial charge in [0.1, 0.15) is 22.3 Å². The van der Waals surface area contributed by atoms with Gasteiger partial charge in [0.15, 0.2) is 22.3 Å². The molecular formula is C87H53Cl2N7O4Pt2. The summed E-state index contributed by atoms with van der Waals surface area (Å²) in [7, 11) is 9.75. The van der Waals surface area contributed by atoms with Gasteiger partial charge in [0.2, 0.25) is 0 Å². The fourth-order valence-electron chi connectivity index (χ4n) is 12.7. The van der Waals surface area contributed by atoms with Gasteiger partial charge in [-0.3, -0.25) is 9.97 Å². The zero-order valence-corrected chi connectivity index (χ0v) is 59.8. The Balaban J connectivity index is 0.000000142. The van der Waals surface area contributed by atoms with E-state index in [0.29, 0.717) is 5.56 Å². The number of fused-ring (bicyclic) bond motifs is 12. The van der Waals surface area contributed by atoms with Gasteiger partial charge < -0.3 is 37.4 Å². The van der Waals surface area contributed by atoms with Gasteiger partial charge in [0.05, 0.1) is 47.8 Å². The first kappa shape index (κ1) is 66.2. The molecule has 19 rings (SSSR count). The van der Waals surface area contributed by atoms with Crippen LogP contribution in [0.1, 0.15) is 5.56 Å². The maximum Gasteiger partial charge on any atom is 2.00 e. The Labute approximate surface area is 616 Å². The molecule has 8 heterocycles. The van der Waals surface area contributed by atoms with Crippen LogP contribution in [-0.4, -0.2) is 19.9 Å². The fraction of sp³-hybridized carbons (Fsp3) is 0. The average Bonchev–Trinajstić information content (AvgIpc) is 1.59. The Morgan fingerprint density at radius 2 is 0.608 bits per heavy atom. The maximum atomic E-state index is 8.29. The zero-order valence-electron chi connectivity index (χ0n) is 53.8. The van der Waals surface area contributed by atoms with Crippen LogP contribution in [0.15, 0.2) is 340 Å². The van der Waals surface area contributed by atoms with Crippen LogP contribution in [0.5, 0.6) is 0 Å². The SMILES string of the molecule is N#Cc1ccccc1.[Cl][Pt][Cl].[Pt+2].[c-]1c(-c2cc3c(cn2)oc2ccccc23)cccc1N(c1[c-]c(-c2cc3c(cn2)oc2ccccc23)ccc1)c1ccccc1.c1ccc(N(c2cccc(-c3cc4c(cn3)oc3ccccc34)c2)c2cccc(-c3cc4c(cn3)oc3ccccc34)c2)cc1. The standard InChI is InChI=1S/C40H25N3O2.C40H23N3O2.C7H5N.2ClH.2Pt/c2*1-2-12-28(13-3-1)43(29-14-8-10-26(20-29)35-22-33-31-16-4-6-18-37(31)44-39(33)24-41-35)30-15-9-11-27(21-30)36-23-34-32-17-5-7-19-38(32)45-40(34)25-42-36;8-6-7-4-2-1-3-5-7;;;;/h1-25H;1-19,22-25H;1-5H;2*1H;;/q;-2;;;;2*+2/p-2. The summed E-state index contributed by atoms with van der Waals surface area (Å²) in [6.45, 7) is 0. The summed E-state index contributed by atoms with van der Waals surface area (Å²) < 4.78 is 24.1. The molecule has 0 spiro atoms. The van der Waals surface area contributed by atoms with Gasteiger partial charge in [-0.05, 0) is 120 Å². The molecule has 19 aromatic rings. The molecule has 15 heteroatoms. The largest absolute Gasteiger partial charge is 2.00 e. The molecule has 0 atom stereocenters. The number of pyridine rings is 4. The number of hydrogen-bond donors (Lipinski definition) is 0. The topological polar surface area (TPSA) is 134 Å². The predicted molar refractivity (Wildman–Crippen MR) is 405 cm³/mol. The summed E-state index contributed by atoms with van der Waals surface area (Å²) in [6, 6.07) is 109. The molecule has 0 radical (unpaired) electrons. The van der Waals surface area contributed by atoms with Crippen molar-refractivity contribution in [2.24, 2.45) is 0 Å². The molecule has 0 unspecified atom stereocenters. The quantitative estimate of drug-likeness (QED) is 0.121. The van der Waals surface area contributed by atoms with E-state index in [1.54, 1.807) is 24.5 Å². The van der Waals surface area contributed by atoms with Crippen LogP contribution in [0.3, 0.4) is 0 Å². The van der Waals surface area contributed by atoms with Gasteiger partial charge >= 0.3 is 56.4 Å². The number of aromatic nitrogens is 4. The molecule has 8 aromatic heterocycles. The maximum absolute atomic E-state index is 8.29. The van der Waals surface area contributed by atoms with Crippen LogP contribution in [0.2, 0.25) is 0 Å². The fourth-order valence-corrected chi connectivity index (χ4v) is 12.7. The number of furan rings is 4. The number of rotatable bonds is 10. The van der Waals surface area contributed by atoms with Crippen molar-refractivity contribution in [1.82, 2.24) is 19.9 Å². The van der Waals surface area contributed by atoms with Crippen molar-refractivity contribution >= 4 is 141 Å². The Morgan fingerprint density at radius 3 is 0.971 bits per heavy atom. The second-order valence-corrected chi connectivity index (χ2v) is 26.8. The van der Waals surface area contributed by atoms with E-state index in [1.165, 1.54) is 0 Å². The first-order valence-electron chi connectivity index (χ1n) is 32.3. The Morgan fingerprint density at radius 1 is 0.304 bits per heavy atom. The molecule has 11 aromatic carbocycles. The molecule has 11 nitrogen and oxygen atoms in total. The molecule has 0 aliphatic rings. The zero-order chi connectivity index (χ0) is 68.0. The Hall–Kier alpha value is -11.7. The number of hydrogen-bond acceptors (Lipinski definition) is 11. The number of nitriles is 1. The van der Waals surface area contributed by atoms with Crippen LogP contribution in [-0.2, 0) is 37.5 Å². The van der Waals surface area contributed by atoms with Crippen LogP contribution in [0, 0.1) is 23.5 Å². The minimum Gasteiger partial charge on any atom is -0.455 e. The van der Waals surface area contributed by atoms with Gasteiger partial charge in [0, 0.05) is 77.0 Å². The van der Waals surface area contributed by atoms with E-state index < -0.39 is 16.5 Å². The van der Waals surface area contributed by atoms with E-state index in [0.717, 1.165) is 167 Å². The third-order valence-electron chi connectivity index (χ3n) is 17.4. The molecule has 102 heavy (non-hydrogen) atoms. The molecule has 0 aliphatic carbocycles. The average molecular weight is 1720 g/mol. The number of nitrogens with zero attached hydrogens (tertiary/aromatic N) is 7. The summed E-state index contributed by atoms with van der Waals surface area (Å²) >= 11 is -0.472. The van der Waals surface area contributed by atoms with Gasteiger partial charge in [-0.15, -0.1) is 59.7 Å². The molecular weight excluding hydrogens is 1670 g/mol. The van der Waals surface area contributed by atoms with Crippen LogP contribution in [0.25, 0.3) is 133 Å². The molecule has 494 valence electrons. The van der Waals surface area contributed by atoms with Crippen LogP contribution < -0.4 is 9.80 Å². The van der Waals surface area contributed by atoms with Crippen molar-refractivity contribution in [3.8, 4) is 51.1 Å². The number of para-hydroxylation sites is 6. The molecule has 0 saturated carbocycles. The van der Waals surface area contributed by atoms with Crippen LogP contribution >= 0.6 is 18.8 Å². The minimum atomic E-state index is -0.472. The van der Waals surface area contributed by atoms with Gasteiger partial charge in [0.25, 0.3) is 0 Å². The van der Waals surface area contributed by atoms with Gasteiger partial charge in [-0.2, -0.15) is 5.26 Å². The monoisotopic (exact) mass is 1720 g/mol. The summed E-state index contributed by atoms with van der Waals surface area (Å²) in [5.41, 5.74) is 20.4. The first-order chi connectivity index (χ1) is 49.9. The molecule has 0 amide bonds. The molecule has 0 aliphatic heterocycles. The molecule has 0 saturated heterocycles. The van der Waals surface area contributed by atoms with Crippen molar-refractivity contribution in [2.75, 3.05) is 9.80 Å². The second-order valence-electron chi connectivity index (χ2n) is 23.5. The van der Waals surface area contributed by atoms with E-state index in [9.17, 15) is 0 Å². The number of benzene rings is 11. The Bertz CT molecular complexity index is 5570. The molecule has 0 bridgehead atoms. The van der Waals surface area contributed by atoms with Crippen molar-refractivity contribution in [2.45, 2.75) is 0 Å². The van der Waals surface area contributed by atoms with Crippen molar-refractivity contribution in [3.63, 3.8) is 0 Å².